The van der Waals surface area contributed by atoms with Crippen molar-refractivity contribution in [3.8, 4) is 0 Å². The first-order valence-electron chi connectivity index (χ1n) is 8.46. The van der Waals surface area contributed by atoms with Gasteiger partial charge in [0.1, 0.15) is 17.5 Å². The van der Waals surface area contributed by atoms with Gasteiger partial charge >= 0.3 is 0 Å². The Hall–Kier alpha value is -2.15. The first-order chi connectivity index (χ1) is 11.7. The van der Waals surface area contributed by atoms with E-state index in [2.05, 4.69) is 10.3 Å². The third kappa shape index (κ3) is 2.73. The van der Waals surface area contributed by atoms with Gasteiger partial charge in [-0.25, -0.2) is 4.68 Å². The third-order valence-electron chi connectivity index (χ3n) is 4.81. The van der Waals surface area contributed by atoms with Crippen molar-refractivity contribution >= 4 is 5.91 Å². The number of aromatic nitrogens is 3. The maximum atomic E-state index is 12.8. The summed E-state index contributed by atoms with van der Waals surface area (Å²) in [6.45, 7) is 3.80. The molecule has 1 saturated carbocycles. The molecule has 0 aromatic carbocycles. The standard InChI is InChI=1S/C17H22N4O3/c1-11-3-6-15(24-11)17(22)20-8-7-13-16(14(20)10-23-2)18-19-21(13)9-12-4-5-12/h3,6,12,14H,4-5,7-10H2,1-2H3. The zero-order valence-corrected chi connectivity index (χ0v) is 14.1. The van der Waals surface area contributed by atoms with E-state index in [0.29, 0.717) is 18.9 Å². The molecule has 24 heavy (non-hydrogen) atoms. The van der Waals surface area contributed by atoms with Crippen molar-refractivity contribution in [1.82, 2.24) is 19.9 Å². The Morgan fingerprint density at radius 3 is 2.92 bits per heavy atom. The highest BCUT2D eigenvalue weighted by molar-refractivity contribution is 5.92. The van der Waals surface area contributed by atoms with Crippen molar-refractivity contribution in [3.63, 3.8) is 0 Å². The van der Waals surface area contributed by atoms with Gasteiger partial charge in [-0.1, -0.05) is 5.21 Å². The van der Waals surface area contributed by atoms with Crippen LogP contribution in [0.2, 0.25) is 0 Å². The average Bonchev–Trinajstić information content (AvgIpc) is 3.13. The molecule has 0 N–H and O–H groups in total. The number of aryl methyl sites for hydroxylation is 1. The van der Waals surface area contributed by atoms with Crippen LogP contribution in [0.4, 0.5) is 0 Å². The number of furan rings is 1. The molecule has 4 rings (SSSR count). The predicted molar refractivity (Wildman–Crippen MR) is 85.5 cm³/mol. The fraction of sp³-hybridized carbons (Fsp3) is 0.588. The van der Waals surface area contributed by atoms with Crippen LogP contribution in [0.15, 0.2) is 16.5 Å². The summed E-state index contributed by atoms with van der Waals surface area (Å²) in [6.07, 6.45) is 3.32. The topological polar surface area (TPSA) is 73.4 Å². The number of fused-ring (bicyclic) bond motifs is 1. The van der Waals surface area contributed by atoms with Crippen molar-refractivity contribution in [2.75, 3.05) is 20.3 Å². The number of nitrogens with zero attached hydrogens (tertiary/aromatic N) is 4. The number of methoxy groups -OCH3 is 1. The van der Waals surface area contributed by atoms with E-state index >= 15 is 0 Å². The lowest BCUT2D eigenvalue weighted by atomic mass is 10.0. The molecule has 2 aromatic rings. The van der Waals surface area contributed by atoms with Crippen LogP contribution < -0.4 is 0 Å². The fourth-order valence-electron chi connectivity index (χ4n) is 3.34. The van der Waals surface area contributed by atoms with E-state index in [1.165, 1.54) is 12.8 Å². The summed E-state index contributed by atoms with van der Waals surface area (Å²) in [5.74, 6) is 1.71. The first kappa shape index (κ1) is 15.4. The maximum Gasteiger partial charge on any atom is 0.290 e. The summed E-state index contributed by atoms with van der Waals surface area (Å²) in [4.78, 5) is 14.6. The van der Waals surface area contributed by atoms with E-state index in [-0.39, 0.29) is 11.9 Å². The predicted octanol–water partition coefficient (Wildman–Crippen LogP) is 1.98. The molecule has 2 aliphatic rings. The molecule has 0 saturated heterocycles. The minimum Gasteiger partial charge on any atom is -0.456 e. The van der Waals surface area contributed by atoms with E-state index in [9.17, 15) is 4.79 Å². The SMILES string of the molecule is COCC1c2nnn(CC3CC3)c2CCN1C(=O)c1ccc(C)o1. The Kier molecular flexibility index (Phi) is 3.88. The van der Waals surface area contributed by atoms with Gasteiger partial charge in [0.05, 0.1) is 12.3 Å². The summed E-state index contributed by atoms with van der Waals surface area (Å²) in [5.41, 5.74) is 2.00. The third-order valence-corrected chi connectivity index (χ3v) is 4.81. The maximum absolute atomic E-state index is 12.8. The second-order valence-electron chi connectivity index (χ2n) is 6.68. The molecule has 7 heteroatoms. The molecule has 128 valence electrons. The Labute approximate surface area is 140 Å². The summed E-state index contributed by atoms with van der Waals surface area (Å²) in [7, 11) is 1.64. The van der Waals surface area contributed by atoms with Gasteiger partial charge in [-0.15, -0.1) is 5.10 Å². The summed E-state index contributed by atoms with van der Waals surface area (Å²) >= 11 is 0. The van der Waals surface area contributed by atoms with Crippen LogP contribution in [0.25, 0.3) is 0 Å². The highest BCUT2D eigenvalue weighted by Gasteiger charge is 2.37. The lowest BCUT2D eigenvalue weighted by Crippen LogP contribution is -2.42. The van der Waals surface area contributed by atoms with Gasteiger partial charge in [-0.05, 0) is 37.8 Å². The molecule has 0 spiro atoms. The largest absolute Gasteiger partial charge is 0.456 e. The van der Waals surface area contributed by atoms with Crippen LogP contribution >= 0.6 is 0 Å². The molecule has 7 nitrogen and oxygen atoms in total. The van der Waals surface area contributed by atoms with E-state index in [1.54, 1.807) is 24.1 Å². The zero-order valence-electron chi connectivity index (χ0n) is 14.1. The highest BCUT2D eigenvalue weighted by atomic mass is 16.5. The van der Waals surface area contributed by atoms with Gasteiger partial charge in [0.2, 0.25) is 0 Å². The van der Waals surface area contributed by atoms with Gasteiger partial charge in [-0.2, -0.15) is 0 Å². The average molecular weight is 330 g/mol. The van der Waals surface area contributed by atoms with Crippen molar-refractivity contribution < 1.29 is 13.9 Å². The van der Waals surface area contributed by atoms with E-state index in [0.717, 1.165) is 36.0 Å². The van der Waals surface area contributed by atoms with Gasteiger partial charge in [0.25, 0.3) is 5.91 Å². The molecule has 1 aliphatic heterocycles. The number of carbonyl (C=O) groups excluding carboxylic acids is 1. The van der Waals surface area contributed by atoms with Gasteiger partial charge in [-0.3, -0.25) is 4.79 Å². The molecule has 1 unspecified atom stereocenters. The van der Waals surface area contributed by atoms with Crippen LogP contribution in [-0.2, 0) is 17.7 Å². The van der Waals surface area contributed by atoms with E-state index in [4.69, 9.17) is 9.15 Å². The minimum atomic E-state index is -0.218. The second-order valence-corrected chi connectivity index (χ2v) is 6.68. The Bertz CT molecular complexity index is 747. The molecule has 1 amide bonds. The smallest absolute Gasteiger partial charge is 0.290 e. The molecule has 0 bridgehead atoms. The summed E-state index contributed by atoms with van der Waals surface area (Å²) < 4.78 is 12.9. The number of amides is 1. The van der Waals surface area contributed by atoms with E-state index < -0.39 is 0 Å². The molecule has 2 aromatic heterocycles. The second kappa shape index (κ2) is 6.05. The van der Waals surface area contributed by atoms with Crippen LogP contribution in [-0.4, -0.2) is 46.1 Å². The molecule has 3 heterocycles. The molecular weight excluding hydrogens is 308 g/mol. The number of ether oxygens (including phenoxy) is 1. The normalized spacial score (nSPS) is 20.2. The number of hydrogen-bond acceptors (Lipinski definition) is 5. The molecule has 1 fully saturated rings. The van der Waals surface area contributed by atoms with Crippen LogP contribution in [0, 0.1) is 12.8 Å². The Morgan fingerprint density at radius 1 is 1.42 bits per heavy atom. The number of hydrogen-bond donors (Lipinski definition) is 0. The molecule has 1 atom stereocenters. The number of rotatable bonds is 5. The lowest BCUT2D eigenvalue weighted by Gasteiger charge is -2.33. The van der Waals surface area contributed by atoms with Crippen molar-refractivity contribution in [2.24, 2.45) is 5.92 Å². The number of carbonyl (C=O) groups is 1. The highest BCUT2D eigenvalue weighted by Crippen LogP contribution is 2.34. The van der Waals surface area contributed by atoms with Gasteiger partial charge in [0, 0.05) is 26.6 Å². The molecular formula is C17H22N4O3. The van der Waals surface area contributed by atoms with Crippen LogP contribution in [0.1, 0.15) is 46.6 Å². The van der Waals surface area contributed by atoms with Crippen molar-refractivity contribution in [2.45, 2.75) is 38.8 Å². The van der Waals surface area contributed by atoms with Gasteiger partial charge < -0.3 is 14.1 Å². The molecule has 1 aliphatic carbocycles. The summed E-state index contributed by atoms with van der Waals surface area (Å²) in [5, 5.41) is 8.71. The Morgan fingerprint density at radius 2 is 2.25 bits per heavy atom. The quantitative estimate of drug-likeness (QED) is 0.838. The summed E-state index contributed by atoms with van der Waals surface area (Å²) in [6, 6.07) is 3.31. The van der Waals surface area contributed by atoms with Crippen molar-refractivity contribution in [1.29, 1.82) is 0 Å². The lowest BCUT2D eigenvalue weighted by molar-refractivity contribution is 0.0461. The van der Waals surface area contributed by atoms with Crippen LogP contribution in [0.5, 0.6) is 0 Å². The van der Waals surface area contributed by atoms with Crippen LogP contribution in [0.3, 0.4) is 0 Å². The zero-order chi connectivity index (χ0) is 16.7. The van der Waals surface area contributed by atoms with Gasteiger partial charge in [0.15, 0.2) is 5.76 Å². The molecule has 0 radical (unpaired) electrons. The fourth-order valence-corrected chi connectivity index (χ4v) is 3.34. The minimum absolute atomic E-state index is 0.118. The first-order valence-corrected chi connectivity index (χ1v) is 8.46. The van der Waals surface area contributed by atoms with E-state index in [1.807, 2.05) is 11.6 Å². The monoisotopic (exact) mass is 330 g/mol. The van der Waals surface area contributed by atoms with Crippen molar-refractivity contribution in [3.05, 3.63) is 35.0 Å². The Balaban J connectivity index is 1.62.